The molecule has 1 atom stereocenters. The third-order valence-electron chi connectivity index (χ3n) is 3.77. The van der Waals surface area contributed by atoms with Crippen molar-refractivity contribution < 1.29 is 19.1 Å². The monoisotopic (exact) mass is 318 g/mol. The second kappa shape index (κ2) is 7.78. The molecule has 0 aliphatic rings. The van der Waals surface area contributed by atoms with E-state index in [9.17, 15) is 9.59 Å². The van der Waals surface area contributed by atoms with E-state index in [1.807, 2.05) is 24.3 Å². The molecule has 23 heavy (non-hydrogen) atoms. The number of methoxy groups -OCH3 is 2. The Labute approximate surface area is 135 Å². The number of nitrogens with one attached hydrogen (secondary N) is 1. The van der Waals surface area contributed by atoms with Crippen molar-refractivity contribution in [3.63, 3.8) is 0 Å². The van der Waals surface area contributed by atoms with E-state index >= 15 is 0 Å². The average molecular weight is 318 g/mol. The van der Waals surface area contributed by atoms with Gasteiger partial charge in [0.25, 0.3) is 0 Å². The number of ether oxygens (including phenoxy) is 2. The molecule has 0 unspecified atom stereocenters. The minimum Gasteiger partial charge on any atom is -0.465 e. The molecule has 0 aliphatic heterocycles. The number of carbonyl (C=O) groups excluding carboxylic acids is 2. The Bertz CT molecular complexity index is 693. The van der Waals surface area contributed by atoms with Gasteiger partial charge in [0.15, 0.2) is 0 Å². The molecule has 0 spiro atoms. The van der Waals surface area contributed by atoms with Gasteiger partial charge in [-0.1, -0.05) is 18.2 Å². The van der Waals surface area contributed by atoms with Gasteiger partial charge in [-0.3, -0.25) is 4.79 Å². The van der Waals surface area contributed by atoms with Crippen LogP contribution in [0.2, 0.25) is 0 Å². The van der Waals surface area contributed by atoms with E-state index in [0.29, 0.717) is 18.7 Å². The van der Waals surface area contributed by atoms with Crippen molar-refractivity contribution in [3.8, 4) is 0 Å². The molecular weight excluding hydrogens is 296 g/mol. The van der Waals surface area contributed by atoms with E-state index in [1.54, 1.807) is 24.8 Å². The summed E-state index contributed by atoms with van der Waals surface area (Å²) in [6.45, 7) is 2.97. The number of hydrogen-bond acceptors (Lipinski definition) is 4. The van der Waals surface area contributed by atoms with E-state index in [4.69, 9.17) is 9.47 Å². The molecule has 0 saturated carbocycles. The Balaban J connectivity index is 2.25. The van der Waals surface area contributed by atoms with Crippen LogP contribution in [0.1, 0.15) is 29.7 Å². The van der Waals surface area contributed by atoms with Crippen molar-refractivity contribution in [3.05, 3.63) is 36.0 Å². The Hall–Kier alpha value is -2.34. The summed E-state index contributed by atoms with van der Waals surface area (Å²) in [7, 11) is 2.98. The van der Waals surface area contributed by atoms with Crippen molar-refractivity contribution in [1.29, 1.82) is 0 Å². The maximum atomic E-state index is 12.3. The molecule has 1 aromatic carbocycles. The molecule has 1 aromatic heterocycles. The van der Waals surface area contributed by atoms with Gasteiger partial charge < -0.3 is 19.4 Å². The number of fused-ring (bicyclic) bond motifs is 1. The SMILES string of the molecule is COCCCNC(=O)[C@@H](C)n1cc(C(=O)OC)c2ccccc21. The minimum absolute atomic E-state index is 0.0988. The summed E-state index contributed by atoms with van der Waals surface area (Å²) >= 11 is 0. The third kappa shape index (κ3) is 3.71. The number of aromatic nitrogens is 1. The zero-order valence-corrected chi connectivity index (χ0v) is 13.7. The highest BCUT2D eigenvalue weighted by Gasteiger charge is 2.21. The smallest absolute Gasteiger partial charge is 0.340 e. The molecule has 6 nitrogen and oxygen atoms in total. The van der Waals surface area contributed by atoms with Crippen LogP contribution in [-0.4, -0.2) is 43.8 Å². The number of benzene rings is 1. The van der Waals surface area contributed by atoms with E-state index in [-0.39, 0.29) is 5.91 Å². The van der Waals surface area contributed by atoms with Gasteiger partial charge in [-0.15, -0.1) is 0 Å². The molecule has 124 valence electrons. The van der Waals surface area contributed by atoms with Gasteiger partial charge in [0, 0.05) is 37.4 Å². The maximum Gasteiger partial charge on any atom is 0.340 e. The number of hydrogen-bond donors (Lipinski definition) is 1. The second-order valence-corrected chi connectivity index (χ2v) is 5.27. The van der Waals surface area contributed by atoms with E-state index in [0.717, 1.165) is 17.3 Å². The first-order valence-corrected chi connectivity index (χ1v) is 7.54. The van der Waals surface area contributed by atoms with Crippen LogP contribution in [0.5, 0.6) is 0 Å². The number of amides is 1. The quantitative estimate of drug-likeness (QED) is 0.627. The largest absolute Gasteiger partial charge is 0.465 e. The fourth-order valence-electron chi connectivity index (χ4n) is 2.50. The standard InChI is InChI=1S/C17H22N2O4/c1-12(16(20)18-9-6-10-22-2)19-11-14(17(21)23-3)13-7-4-5-8-15(13)19/h4-5,7-8,11-12H,6,9-10H2,1-3H3,(H,18,20)/t12-/m1/s1. The number of rotatable bonds is 7. The van der Waals surface area contributed by atoms with Crippen molar-refractivity contribution in [2.24, 2.45) is 0 Å². The molecule has 0 aliphatic carbocycles. The fourth-order valence-corrected chi connectivity index (χ4v) is 2.50. The van der Waals surface area contributed by atoms with Crippen LogP contribution in [0.15, 0.2) is 30.5 Å². The van der Waals surface area contributed by atoms with Crippen LogP contribution >= 0.6 is 0 Å². The average Bonchev–Trinajstić information content (AvgIpc) is 2.97. The normalized spacial score (nSPS) is 12.1. The molecule has 0 bridgehead atoms. The molecule has 2 rings (SSSR count). The molecule has 1 heterocycles. The third-order valence-corrected chi connectivity index (χ3v) is 3.77. The van der Waals surface area contributed by atoms with Gasteiger partial charge >= 0.3 is 5.97 Å². The first-order valence-electron chi connectivity index (χ1n) is 7.54. The van der Waals surface area contributed by atoms with E-state index in [1.165, 1.54) is 7.11 Å². The van der Waals surface area contributed by atoms with Gasteiger partial charge in [-0.2, -0.15) is 0 Å². The van der Waals surface area contributed by atoms with Crippen LogP contribution in [0.25, 0.3) is 10.9 Å². The minimum atomic E-state index is -0.430. The van der Waals surface area contributed by atoms with Crippen LogP contribution in [-0.2, 0) is 14.3 Å². The summed E-state index contributed by atoms with van der Waals surface area (Å²) in [4.78, 5) is 24.2. The summed E-state index contributed by atoms with van der Waals surface area (Å²) < 4.78 is 11.6. The molecule has 0 radical (unpaired) electrons. The van der Waals surface area contributed by atoms with Gasteiger partial charge in [-0.25, -0.2) is 4.79 Å². The number of nitrogens with zero attached hydrogens (tertiary/aromatic N) is 1. The number of para-hydroxylation sites is 1. The first-order chi connectivity index (χ1) is 11.1. The molecule has 1 N–H and O–H groups in total. The molecule has 0 fully saturated rings. The highest BCUT2D eigenvalue weighted by atomic mass is 16.5. The lowest BCUT2D eigenvalue weighted by molar-refractivity contribution is -0.123. The highest BCUT2D eigenvalue weighted by Crippen LogP contribution is 2.25. The summed E-state index contributed by atoms with van der Waals surface area (Å²) in [6.07, 6.45) is 2.44. The predicted octanol–water partition coefficient (Wildman–Crippen LogP) is 2.14. The van der Waals surface area contributed by atoms with Gasteiger partial charge in [-0.05, 0) is 19.4 Å². The number of esters is 1. The molecule has 6 heteroatoms. The lowest BCUT2D eigenvalue weighted by atomic mass is 10.2. The van der Waals surface area contributed by atoms with Crippen molar-refractivity contribution in [1.82, 2.24) is 9.88 Å². The van der Waals surface area contributed by atoms with Crippen LogP contribution in [0.4, 0.5) is 0 Å². The zero-order valence-electron chi connectivity index (χ0n) is 13.7. The summed E-state index contributed by atoms with van der Waals surface area (Å²) in [5.41, 5.74) is 1.29. The first kappa shape index (κ1) is 17.0. The zero-order chi connectivity index (χ0) is 16.8. The Kier molecular flexibility index (Phi) is 5.76. The molecule has 2 aromatic rings. The topological polar surface area (TPSA) is 69.6 Å². The van der Waals surface area contributed by atoms with Gasteiger partial charge in [0.2, 0.25) is 5.91 Å². The molecule has 1 amide bonds. The fraction of sp³-hybridized carbons (Fsp3) is 0.412. The maximum absolute atomic E-state index is 12.3. The molecule has 0 saturated heterocycles. The summed E-state index contributed by atoms with van der Waals surface area (Å²) in [5.74, 6) is -0.508. The van der Waals surface area contributed by atoms with Crippen molar-refractivity contribution >= 4 is 22.8 Å². The second-order valence-electron chi connectivity index (χ2n) is 5.27. The van der Waals surface area contributed by atoms with Crippen LogP contribution < -0.4 is 5.32 Å². The van der Waals surface area contributed by atoms with E-state index in [2.05, 4.69) is 5.32 Å². The lowest BCUT2D eigenvalue weighted by Crippen LogP contribution is -2.31. The van der Waals surface area contributed by atoms with E-state index < -0.39 is 12.0 Å². The van der Waals surface area contributed by atoms with Gasteiger partial charge in [0.1, 0.15) is 6.04 Å². The van der Waals surface area contributed by atoms with Crippen LogP contribution in [0.3, 0.4) is 0 Å². The Morgan fingerprint density at radius 2 is 2.00 bits per heavy atom. The van der Waals surface area contributed by atoms with Gasteiger partial charge in [0.05, 0.1) is 12.7 Å². The van der Waals surface area contributed by atoms with Crippen molar-refractivity contribution in [2.75, 3.05) is 27.4 Å². The lowest BCUT2D eigenvalue weighted by Gasteiger charge is -2.15. The predicted molar refractivity (Wildman–Crippen MR) is 87.5 cm³/mol. The highest BCUT2D eigenvalue weighted by molar-refractivity contribution is 6.04. The van der Waals surface area contributed by atoms with Crippen molar-refractivity contribution in [2.45, 2.75) is 19.4 Å². The number of carbonyl (C=O) groups is 2. The Morgan fingerprint density at radius 1 is 1.26 bits per heavy atom. The van der Waals surface area contributed by atoms with Crippen LogP contribution in [0, 0.1) is 0 Å². The molecular formula is C17H22N2O4. The summed E-state index contributed by atoms with van der Waals surface area (Å²) in [5, 5.41) is 3.65. The Morgan fingerprint density at radius 3 is 2.70 bits per heavy atom. The summed E-state index contributed by atoms with van der Waals surface area (Å²) in [6, 6.07) is 7.04.